The standard InChI is InChI=1S/C9H8N2OS/c10-9(13)5-1-2-7-6(3-5)4-8(12)11-7/h1-3H,4H2,(H2,10,13)(H,11,12). The molecule has 0 radical (unpaired) electrons. The SMILES string of the molecule is NC(=S)c1ccc2c(c1)CC(=O)N2. The molecule has 0 atom stereocenters. The molecule has 1 heterocycles. The van der Waals surface area contributed by atoms with Crippen molar-refractivity contribution in [2.24, 2.45) is 5.73 Å². The van der Waals surface area contributed by atoms with Crippen LogP contribution in [0.5, 0.6) is 0 Å². The number of benzene rings is 1. The van der Waals surface area contributed by atoms with Crippen LogP contribution in [0.1, 0.15) is 11.1 Å². The van der Waals surface area contributed by atoms with Gasteiger partial charge in [-0.3, -0.25) is 4.79 Å². The summed E-state index contributed by atoms with van der Waals surface area (Å²) < 4.78 is 0. The van der Waals surface area contributed by atoms with E-state index in [0.29, 0.717) is 11.4 Å². The third-order valence-corrected chi connectivity index (χ3v) is 2.25. The molecule has 0 aromatic heterocycles. The average molecular weight is 192 g/mol. The molecule has 3 N–H and O–H groups in total. The number of nitrogens with two attached hydrogens (primary N) is 1. The van der Waals surface area contributed by atoms with Gasteiger partial charge < -0.3 is 11.1 Å². The molecular formula is C9H8N2OS. The molecule has 1 aromatic rings. The monoisotopic (exact) mass is 192 g/mol. The number of rotatable bonds is 1. The lowest BCUT2D eigenvalue weighted by molar-refractivity contribution is -0.115. The van der Waals surface area contributed by atoms with E-state index >= 15 is 0 Å². The third-order valence-electron chi connectivity index (χ3n) is 2.01. The maximum Gasteiger partial charge on any atom is 0.228 e. The fraction of sp³-hybridized carbons (Fsp3) is 0.111. The van der Waals surface area contributed by atoms with Crippen molar-refractivity contribution in [2.45, 2.75) is 6.42 Å². The lowest BCUT2D eigenvalue weighted by atomic mass is 10.1. The van der Waals surface area contributed by atoms with Crippen LogP contribution < -0.4 is 11.1 Å². The fourth-order valence-electron chi connectivity index (χ4n) is 1.38. The van der Waals surface area contributed by atoms with Gasteiger partial charge in [-0.2, -0.15) is 0 Å². The molecule has 1 aliphatic rings. The number of amides is 1. The van der Waals surface area contributed by atoms with Gasteiger partial charge in [0.15, 0.2) is 0 Å². The summed E-state index contributed by atoms with van der Waals surface area (Å²) in [5.74, 6) is 0.0232. The van der Waals surface area contributed by atoms with Crippen molar-refractivity contribution in [3.05, 3.63) is 29.3 Å². The Kier molecular flexibility index (Phi) is 1.77. The molecule has 66 valence electrons. The molecule has 13 heavy (non-hydrogen) atoms. The lowest BCUT2D eigenvalue weighted by Crippen LogP contribution is -2.09. The first-order valence-corrected chi connectivity index (χ1v) is 4.30. The maximum absolute atomic E-state index is 11.0. The van der Waals surface area contributed by atoms with Crippen LogP contribution in [0.25, 0.3) is 0 Å². The zero-order chi connectivity index (χ0) is 9.42. The van der Waals surface area contributed by atoms with Gasteiger partial charge in [0.1, 0.15) is 4.99 Å². The third kappa shape index (κ3) is 1.40. The van der Waals surface area contributed by atoms with Gasteiger partial charge in [0.2, 0.25) is 5.91 Å². The van der Waals surface area contributed by atoms with Gasteiger partial charge in [-0.1, -0.05) is 12.2 Å². The summed E-state index contributed by atoms with van der Waals surface area (Å²) in [7, 11) is 0. The molecule has 1 aliphatic heterocycles. The highest BCUT2D eigenvalue weighted by Gasteiger charge is 2.17. The number of anilines is 1. The summed E-state index contributed by atoms with van der Waals surface area (Å²) >= 11 is 4.84. The summed E-state index contributed by atoms with van der Waals surface area (Å²) in [6.07, 6.45) is 0.422. The van der Waals surface area contributed by atoms with Crippen molar-refractivity contribution >= 4 is 28.8 Å². The Hall–Kier alpha value is -1.42. The quantitative estimate of drug-likeness (QED) is 0.647. The van der Waals surface area contributed by atoms with Gasteiger partial charge in [-0.25, -0.2) is 0 Å². The number of carbonyl (C=O) groups excluding carboxylic acids is 1. The highest BCUT2D eigenvalue weighted by Crippen LogP contribution is 2.23. The maximum atomic E-state index is 11.0. The second-order valence-corrected chi connectivity index (χ2v) is 3.40. The van der Waals surface area contributed by atoms with Crippen molar-refractivity contribution in [1.82, 2.24) is 0 Å². The average Bonchev–Trinajstić information content (AvgIpc) is 2.42. The Morgan fingerprint density at radius 1 is 1.54 bits per heavy atom. The van der Waals surface area contributed by atoms with Crippen molar-refractivity contribution < 1.29 is 4.79 Å². The Morgan fingerprint density at radius 2 is 2.31 bits per heavy atom. The first kappa shape index (κ1) is 8.19. The summed E-state index contributed by atoms with van der Waals surface area (Å²) in [5, 5.41) is 2.74. The number of carbonyl (C=O) groups is 1. The molecule has 0 unspecified atom stereocenters. The van der Waals surface area contributed by atoms with Crippen molar-refractivity contribution in [3.8, 4) is 0 Å². The minimum absolute atomic E-state index is 0.0232. The minimum Gasteiger partial charge on any atom is -0.389 e. The second-order valence-electron chi connectivity index (χ2n) is 2.96. The summed E-state index contributed by atoms with van der Waals surface area (Å²) in [6, 6.07) is 5.50. The molecule has 1 aromatic carbocycles. The number of thiocarbonyl (C=S) groups is 1. The number of fused-ring (bicyclic) bond motifs is 1. The van der Waals surface area contributed by atoms with Crippen molar-refractivity contribution in [1.29, 1.82) is 0 Å². The van der Waals surface area contributed by atoms with Crippen LogP contribution in [-0.4, -0.2) is 10.9 Å². The first-order chi connectivity index (χ1) is 6.16. The predicted octanol–water partition coefficient (Wildman–Crippen LogP) is 0.815. The molecule has 4 heteroatoms. The van der Waals surface area contributed by atoms with Crippen LogP contribution in [0, 0.1) is 0 Å². The Balaban J connectivity index is 2.45. The Morgan fingerprint density at radius 3 is 3.00 bits per heavy atom. The van der Waals surface area contributed by atoms with E-state index in [-0.39, 0.29) is 5.91 Å². The van der Waals surface area contributed by atoms with E-state index < -0.39 is 0 Å². The molecule has 0 saturated carbocycles. The minimum atomic E-state index is 0.0232. The normalized spacial score (nSPS) is 13.7. The smallest absolute Gasteiger partial charge is 0.228 e. The number of hydrogen-bond acceptors (Lipinski definition) is 2. The molecule has 0 spiro atoms. The van der Waals surface area contributed by atoms with E-state index in [0.717, 1.165) is 16.8 Å². The Labute approximate surface area is 80.9 Å². The number of hydrogen-bond donors (Lipinski definition) is 2. The van der Waals surface area contributed by atoms with Gasteiger partial charge in [0, 0.05) is 11.3 Å². The number of nitrogens with one attached hydrogen (secondary N) is 1. The molecular weight excluding hydrogens is 184 g/mol. The van der Waals surface area contributed by atoms with E-state index in [1.54, 1.807) is 0 Å². The van der Waals surface area contributed by atoms with Crippen LogP contribution in [0.15, 0.2) is 18.2 Å². The second kappa shape index (κ2) is 2.81. The molecule has 1 amide bonds. The van der Waals surface area contributed by atoms with Crippen LogP contribution >= 0.6 is 12.2 Å². The van der Waals surface area contributed by atoms with Crippen LogP contribution in [0.4, 0.5) is 5.69 Å². The molecule has 0 aliphatic carbocycles. The zero-order valence-electron chi connectivity index (χ0n) is 6.83. The topological polar surface area (TPSA) is 55.1 Å². The molecule has 0 bridgehead atoms. The van der Waals surface area contributed by atoms with Crippen LogP contribution in [0.2, 0.25) is 0 Å². The predicted molar refractivity (Wildman–Crippen MR) is 54.7 cm³/mol. The van der Waals surface area contributed by atoms with Crippen LogP contribution in [-0.2, 0) is 11.2 Å². The molecule has 2 rings (SSSR count). The van der Waals surface area contributed by atoms with Gasteiger partial charge >= 0.3 is 0 Å². The lowest BCUT2D eigenvalue weighted by Gasteiger charge is -2.01. The van der Waals surface area contributed by atoms with E-state index in [2.05, 4.69) is 5.32 Å². The van der Waals surface area contributed by atoms with Crippen LogP contribution in [0.3, 0.4) is 0 Å². The van der Waals surface area contributed by atoms with Gasteiger partial charge in [0.05, 0.1) is 6.42 Å². The van der Waals surface area contributed by atoms with Crippen molar-refractivity contribution in [3.63, 3.8) is 0 Å². The highest BCUT2D eigenvalue weighted by molar-refractivity contribution is 7.80. The summed E-state index contributed by atoms with van der Waals surface area (Å²) in [5.41, 5.74) is 8.11. The zero-order valence-corrected chi connectivity index (χ0v) is 7.65. The van der Waals surface area contributed by atoms with E-state index in [9.17, 15) is 4.79 Å². The highest BCUT2D eigenvalue weighted by atomic mass is 32.1. The van der Waals surface area contributed by atoms with Gasteiger partial charge in [-0.15, -0.1) is 0 Å². The Bertz CT molecular complexity index is 401. The van der Waals surface area contributed by atoms with Gasteiger partial charge in [0.25, 0.3) is 0 Å². The summed E-state index contributed by atoms with van der Waals surface area (Å²) in [4.78, 5) is 11.4. The summed E-state index contributed by atoms with van der Waals surface area (Å²) in [6.45, 7) is 0. The van der Waals surface area contributed by atoms with E-state index in [4.69, 9.17) is 18.0 Å². The molecule has 0 saturated heterocycles. The first-order valence-electron chi connectivity index (χ1n) is 3.89. The van der Waals surface area contributed by atoms with Gasteiger partial charge in [-0.05, 0) is 23.8 Å². The molecule has 3 nitrogen and oxygen atoms in total. The largest absolute Gasteiger partial charge is 0.389 e. The molecule has 0 fully saturated rings. The van der Waals surface area contributed by atoms with Crippen molar-refractivity contribution in [2.75, 3.05) is 5.32 Å². The fourth-order valence-corrected chi connectivity index (χ4v) is 1.51. The van der Waals surface area contributed by atoms with E-state index in [1.165, 1.54) is 0 Å². The van der Waals surface area contributed by atoms with E-state index in [1.807, 2.05) is 18.2 Å².